The molecule has 0 aliphatic carbocycles. The van der Waals surface area contributed by atoms with Crippen LogP contribution in [0.3, 0.4) is 0 Å². The Balaban J connectivity index is 1.90. The molecule has 0 radical (unpaired) electrons. The topological polar surface area (TPSA) is 85.0 Å². The number of nitrogens with zero attached hydrogens (tertiary/aromatic N) is 1. The molecule has 0 saturated carbocycles. The van der Waals surface area contributed by atoms with Crippen molar-refractivity contribution in [3.8, 4) is 0 Å². The van der Waals surface area contributed by atoms with Gasteiger partial charge in [0, 0.05) is 21.9 Å². The Morgan fingerprint density at radius 1 is 1.15 bits per heavy atom. The van der Waals surface area contributed by atoms with Crippen molar-refractivity contribution in [2.75, 3.05) is 5.73 Å². The number of anilines is 1. The summed E-state index contributed by atoms with van der Waals surface area (Å²) in [6.45, 7) is 0. The molecular weight excluding hydrogens is 274 g/mol. The van der Waals surface area contributed by atoms with Gasteiger partial charge in [-0.3, -0.25) is 10.1 Å². The molecule has 1 aromatic heterocycles. The van der Waals surface area contributed by atoms with Crippen molar-refractivity contribution in [3.63, 3.8) is 0 Å². The molecule has 2 aromatic carbocycles. The van der Waals surface area contributed by atoms with E-state index in [0.717, 1.165) is 20.8 Å². The van der Waals surface area contributed by atoms with Crippen molar-refractivity contribution in [3.05, 3.63) is 58.6 Å². The molecule has 20 heavy (non-hydrogen) atoms. The van der Waals surface area contributed by atoms with Crippen LogP contribution in [-0.4, -0.2) is 9.91 Å². The van der Waals surface area contributed by atoms with E-state index in [0.29, 0.717) is 0 Å². The SMILES string of the molecule is Nc1cc(Sc2cc3ccccc3[nH]2)ccc1[N+](=O)[O-]. The Bertz CT molecular complexity index is 765. The normalized spacial score (nSPS) is 10.8. The number of aromatic amines is 1. The van der Waals surface area contributed by atoms with Crippen LogP contribution in [0.2, 0.25) is 0 Å². The lowest BCUT2D eigenvalue weighted by atomic mass is 10.3. The number of hydrogen-bond donors (Lipinski definition) is 2. The van der Waals surface area contributed by atoms with Crippen molar-refractivity contribution in [2.24, 2.45) is 0 Å². The first-order valence-electron chi connectivity index (χ1n) is 5.93. The third-order valence-corrected chi connectivity index (χ3v) is 3.86. The molecule has 5 nitrogen and oxygen atoms in total. The summed E-state index contributed by atoms with van der Waals surface area (Å²) in [5, 5.41) is 12.8. The first kappa shape index (κ1) is 12.6. The third kappa shape index (κ3) is 2.33. The van der Waals surface area contributed by atoms with E-state index in [4.69, 9.17) is 5.73 Å². The fourth-order valence-electron chi connectivity index (χ4n) is 1.99. The summed E-state index contributed by atoms with van der Waals surface area (Å²) in [6, 6.07) is 14.8. The van der Waals surface area contributed by atoms with E-state index in [2.05, 4.69) is 4.98 Å². The summed E-state index contributed by atoms with van der Waals surface area (Å²) in [5.74, 6) is 0. The van der Waals surface area contributed by atoms with Crippen LogP contribution in [0.25, 0.3) is 10.9 Å². The summed E-state index contributed by atoms with van der Waals surface area (Å²) in [4.78, 5) is 14.4. The van der Waals surface area contributed by atoms with Crippen LogP contribution in [-0.2, 0) is 0 Å². The molecular formula is C14H11N3O2S. The van der Waals surface area contributed by atoms with Crippen molar-refractivity contribution >= 4 is 34.0 Å². The number of hydrogen-bond acceptors (Lipinski definition) is 4. The zero-order valence-corrected chi connectivity index (χ0v) is 11.2. The van der Waals surface area contributed by atoms with E-state index in [1.54, 1.807) is 12.1 Å². The van der Waals surface area contributed by atoms with Crippen LogP contribution in [0.15, 0.2) is 58.5 Å². The van der Waals surface area contributed by atoms with Gasteiger partial charge in [0.2, 0.25) is 0 Å². The predicted octanol–water partition coefficient (Wildman–Crippen LogP) is 3.81. The number of nitrogen functional groups attached to an aromatic ring is 1. The second-order valence-corrected chi connectivity index (χ2v) is 5.42. The fourth-order valence-corrected chi connectivity index (χ4v) is 2.91. The minimum absolute atomic E-state index is 0.0639. The number of benzene rings is 2. The van der Waals surface area contributed by atoms with Gasteiger partial charge in [0.25, 0.3) is 5.69 Å². The molecule has 0 amide bonds. The Morgan fingerprint density at radius 2 is 1.95 bits per heavy atom. The minimum Gasteiger partial charge on any atom is -0.393 e. The minimum atomic E-state index is -0.479. The lowest BCUT2D eigenvalue weighted by molar-refractivity contribution is -0.383. The van der Waals surface area contributed by atoms with Crippen LogP contribution < -0.4 is 5.73 Å². The van der Waals surface area contributed by atoms with Crippen molar-refractivity contribution in [1.29, 1.82) is 0 Å². The molecule has 0 fully saturated rings. The number of rotatable bonds is 3. The van der Waals surface area contributed by atoms with E-state index < -0.39 is 4.92 Å². The quantitative estimate of drug-likeness (QED) is 0.435. The Hall–Kier alpha value is -2.47. The molecule has 3 rings (SSSR count). The average Bonchev–Trinajstić information content (AvgIpc) is 2.80. The summed E-state index contributed by atoms with van der Waals surface area (Å²) in [7, 11) is 0. The third-order valence-electron chi connectivity index (χ3n) is 2.93. The van der Waals surface area contributed by atoms with E-state index >= 15 is 0 Å². The second-order valence-electron chi connectivity index (χ2n) is 4.30. The number of fused-ring (bicyclic) bond motifs is 1. The van der Waals surface area contributed by atoms with E-state index in [1.165, 1.54) is 17.8 Å². The molecule has 0 saturated heterocycles. The van der Waals surface area contributed by atoms with Crippen molar-refractivity contribution in [2.45, 2.75) is 9.92 Å². The highest BCUT2D eigenvalue weighted by atomic mass is 32.2. The largest absolute Gasteiger partial charge is 0.393 e. The highest BCUT2D eigenvalue weighted by molar-refractivity contribution is 7.99. The highest BCUT2D eigenvalue weighted by Gasteiger charge is 2.12. The first-order chi connectivity index (χ1) is 9.63. The smallest absolute Gasteiger partial charge is 0.292 e. The van der Waals surface area contributed by atoms with Crippen molar-refractivity contribution < 1.29 is 4.92 Å². The van der Waals surface area contributed by atoms with E-state index in [9.17, 15) is 10.1 Å². The molecule has 0 spiro atoms. The lowest BCUT2D eigenvalue weighted by Gasteiger charge is -2.01. The fraction of sp³-hybridized carbons (Fsp3) is 0. The van der Waals surface area contributed by atoms with Gasteiger partial charge >= 0.3 is 0 Å². The van der Waals surface area contributed by atoms with E-state index in [1.807, 2.05) is 30.3 Å². The number of H-pyrrole nitrogens is 1. The van der Waals surface area contributed by atoms with Crippen LogP contribution in [0.4, 0.5) is 11.4 Å². The predicted molar refractivity (Wildman–Crippen MR) is 79.9 cm³/mol. The van der Waals surface area contributed by atoms with Gasteiger partial charge in [0.05, 0.1) is 9.95 Å². The number of aromatic nitrogens is 1. The Kier molecular flexibility index (Phi) is 3.08. The number of nitrogens with one attached hydrogen (secondary N) is 1. The number of para-hydroxylation sites is 1. The molecule has 0 aliphatic rings. The maximum atomic E-state index is 10.7. The standard InChI is InChI=1S/C14H11N3O2S/c15-11-8-10(5-6-13(11)17(18)19)20-14-7-9-3-1-2-4-12(9)16-14/h1-8,16H,15H2. The van der Waals surface area contributed by atoms with Crippen LogP contribution in [0.1, 0.15) is 0 Å². The van der Waals surface area contributed by atoms with Gasteiger partial charge in [-0.2, -0.15) is 0 Å². The second kappa shape index (κ2) is 4.90. The molecule has 6 heteroatoms. The zero-order valence-electron chi connectivity index (χ0n) is 10.4. The molecule has 0 unspecified atom stereocenters. The Labute approximate surface area is 118 Å². The maximum Gasteiger partial charge on any atom is 0.292 e. The molecule has 0 aliphatic heterocycles. The number of nitro benzene ring substituents is 1. The monoisotopic (exact) mass is 285 g/mol. The average molecular weight is 285 g/mol. The lowest BCUT2D eigenvalue weighted by Crippen LogP contribution is -1.95. The van der Waals surface area contributed by atoms with Crippen molar-refractivity contribution in [1.82, 2.24) is 4.98 Å². The van der Waals surface area contributed by atoms with Gasteiger partial charge in [0.15, 0.2) is 0 Å². The first-order valence-corrected chi connectivity index (χ1v) is 6.74. The highest BCUT2D eigenvalue weighted by Crippen LogP contribution is 2.33. The van der Waals surface area contributed by atoms with Gasteiger partial charge in [0.1, 0.15) is 5.69 Å². The molecule has 1 heterocycles. The number of nitro groups is 1. The molecule has 3 aromatic rings. The molecule has 3 N–H and O–H groups in total. The summed E-state index contributed by atoms with van der Waals surface area (Å²) in [5.41, 5.74) is 6.86. The van der Waals surface area contributed by atoms with Crippen LogP contribution in [0, 0.1) is 10.1 Å². The Morgan fingerprint density at radius 3 is 2.65 bits per heavy atom. The summed E-state index contributed by atoms with van der Waals surface area (Å²) >= 11 is 1.49. The van der Waals surface area contributed by atoms with Gasteiger partial charge in [-0.05, 0) is 24.3 Å². The molecule has 0 atom stereocenters. The van der Waals surface area contributed by atoms with Gasteiger partial charge in [-0.25, -0.2) is 0 Å². The maximum absolute atomic E-state index is 10.7. The van der Waals surface area contributed by atoms with Crippen LogP contribution >= 0.6 is 11.8 Å². The van der Waals surface area contributed by atoms with Gasteiger partial charge < -0.3 is 10.7 Å². The van der Waals surface area contributed by atoms with Gasteiger partial charge in [-0.1, -0.05) is 30.0 Å². The number of nitrogens with two attached hydrogens (primary N) is 1. The van der Waals surface area contributed by atoms with E-state index in [-0.39, 0.29) is 11.4 Å². The summed E-state index contributed by atoms with van der Waals surface area (Å²) in [6.07, 6.45) is 0. The zero-order chi connectivity index (χ0) is 14.1. The van der Waals surface area contributed by atoms with Gasteiger partial charge in [-0.15, -0.1) is 0 Å². The molecule has 100 valence electrons. The summed E-state index contributed by atoms with van der Waals surface area (Å²) < 4.78 is 0. The molecule has 0 bridgehead atoms. The van der Waals surface area contributed by atoms with Crippen LogP contribution in [0.5, 0.6) is 0 Å².